The summed E-state index contributed by atoms with van der Waals surface area (Å²) in [7, 11) is 0. The molecule has 2 heterocycles. The van der Waals surface area contributed by atoms with Crippen molar-refractivity contribution in [3.63, 3.8) is 0 Å². The van der Waals surface area contributed by atoms with Crippen LogP contribution in [-0.4, -0.2) is 61.7 Å². The number of ether oxygens (including phenoxy) is 3. The third kappa shape index (κ3) is 4.44. The summed E-state index contributed by atoms with van der Waals surface area (Å²) in [4.78, 5) is 14.4. The van der Waals surface area contributed by atoms with Gasteiger partial charge in [-0.05, 0) is 25.8 Å². The van der Waals surface area contributed by atoms with Crippen LogP contribution in [0.25, 0.3) is 0 Å². The van der Waals surface area contributed by atoms with E-state index in [2.05, 4.69) is 0 Å². The van der Waals surface area contributed by atoms with E-state index < -0.39 is 5.79 Å². The van der Waals surface area contributed by atoms with Gasteiger partial charge in [0.1, 0.15) is 0 Å². The fraction of sp³-hybridized carbons (Fsp3) is 0.941. The van der Waals surface area contributed by atoms with E-state index in [1.807, 2.05) is 4.90 Å². The topological polar surface area (TPSA) is 74.0 Å². The Balaban J connectivity index is 1.61. The summed E-state index contributed by atoms with van der Waals surface area (Å²) in [5, 5.41) is 0. The first kappa shape index (κ1) is 17.1. The van der Waals surface area contributed by atoms with Gasteiger partial charge in [-0.15, -0.1) is 0 Å². The van der Waals surface area contributed by atoms with E-state index in [0.717, 1.165) is 38.5 Å². The number of hydrogen-bond acceptors (Lipinski definition) is 5. The van der Waals surface area contributed by atoms with E-state index in [0.29, 0.717) is 39.3 Å². The van der Waals surface area contributed by atoms with Crippen LogP contribution < -0.4 is 5.73 Å². The summed E-state index contributed by atoms with van der Waals surface area (Å²) in [5.74, 6) is -0.288. The minimum absolute atomic E-state index is 0.0475. The Labute approximate surface area is 138 Å². The van der Waals surface area contributed by atoms with E-state index in [1.165, 1.54) is 6.42 Å². The fourth-order valence-electron chi connectivity index (χ4n) is 3.98. The monoisotopic (exact) mass is 326 g/mol. The summed E-state index contributed by atoms with van der Waals surface area (Å²) in [6, 6.07) is 0. The molecule has 6 nitrogen and oxygen atoms in total. The molecule has 0 aromatic heterocycles. The lowest BCUT2D eigenvalue weighted by Crippen LogP contribution is -2.51. The molecule has 132 valence electrons. The van der Waals surface area contributed by atoms with Gasteiger partial charge in [0.2, 0.25) is 5.91 Å². The summed E-state index contributed by atoms with van der Waals surface area (Å²) in [6.07, 6.45) is 7.54. The molecular formula is C17H30N2O4. The van der Waals surface area contributed by atoms with Gasteiger partial charge in [-0.2, -0.15) is 0 Å². The number of amides is 1. The average Bonchev–Trinajstić information content (AvgIpc) is 2.56. The quantitative estimate of drug-likeness (QED) is 0.846. The first-order chi connectivity index (χ1) is 11.2. The summed E-state index contributed by atoms with van der Waals surface area (Å²) in [5.41, 5.74) is 5.73. The Kier molecular flexibility index (Phi) is 5.91. The minimum Gasteiger partial charge on any atom is -0.378 e. The number of carbonyl (C=O) groups is 1. The predicted octanol–water partition coefficient (Wildman–Crippen LogP) is 1.42. The molecule has 0 aromatic carbocycles. The van der Waals surface area contributed by atoms with Crippen LogP contribution in [0.3, 0.4) is 0 Å². The molecule has 0 bridgehead atoms. The van der Waals surface area contributed by atoms with Crippen LogP contribution in [0.15, 0.2) is 0 Å². The Morgan fingerprint density at radius 1 is 1.09 bits per heavy atom. The molecule has 3 fully saturated rings. The molecule has 1 amide bonds. The smallest absolute Gasteiger partial charge is 0.225 e. The molecule has 23 heavy (non-hydrogen) atoms. The number of nitrogens with two attached hydrogens (primary N) is 1. The molecule has 2 atom stereocenters. The van der Waals surface area contributed by atoms with Gasteiger partial charge in [-0.3, -0.25) is 4.79 Å². The zero-order valence-electron chi connectivity index (χ0n) is 14.0. The van der Waals surface area contributed by atoms with Crippen LogP contribution >= 0.6 is 0 Å². The van der Waals surface area contributed by atoms with Crippen molar-refractivity contribution in [2.75, 3.05) is 32.8 Å². The van der Waals surface area contributed by atoms with E-state index in [4.69, 9.17) is 19.9 Å². The van der Waals surface area contributed by atoms with Gasteiger partial charge in [0.05, 0.1) is 31.8 Å². The Morgan fingerprint density at radius 3 is 2.48 bits per heavy atom. The molecule has 0 aromatic rings. The van der Waals surface area contributed by atoms with Crippen LogP contribution in [-0.2, 0) is 19.0 Å². The number of hydrogen-bond donors (Lipinski definition) is 1. The maximum Gasteiger partial charge on any atom is 0.225 e. The maximum atomic E-state index is 12.5. The Hall–Kier alpha value is -0.690. The largest absolute Gasteiger partial charge is 0.378 e. The molecule has 2 unspecified atom stereocenters. The van der Waals surface area contributed by atoms with Crippen LogP contribution in [0.5, 0.6) is 0 Å². The van der Waals surface area contributed by atoms with Crippen molar-refractivity contribution >= 4 is 5.91 Å². The van der Waals surface area contributed by atoms with E-state index in [-0.39, 0.29) is 18.1 Å². The SMILES string of the molecule is NCCC1CC(CC(=O)N2CCOCC2)OC2(CCCCC2)O1. The minimum atomic E-state index is -0.466. The highest BCUT2D eigenvalue weighted by atomic mass is 16.7. The van der Waals surface area contributed by atoms with E-state index in [1.54, 1.807) is 0 Å². The molecule has 3 aliphatic rings. The molecule has 1 spiro atoms. The highest BCUT2D eigenvalue weighted by Gasteiger charge is 2.43. The second kappa shape index (κ2) is 7.92. The standard InChI is InChI=1S/C17H30N2O4/c18-7-4-14-12-15(13-16(20)19-8-10-21-11-9-19)23-17(22-14)5-2-1-3-6-17/h14-15H,1-13,18H2. The zero-order chi connectivity index (χ0) is 16.1. The second-order valence-corrected chi connectivity index (χ2v) is 6.96. The van der Waals surface area contributed by atoms with Crippen LogP contribution in [0, 0.1) is 0 Å². The molecule has 1 aliphatic carbocycles. The lowest BCUT2D eigenvalue weighted by molar-refractivity contribution is -0.328. The van der Waals surface area contributed by atoms with Crippen molar-refractivity contribution < 1.29 is 19.0 Å². The average molecular weight is 326 g/mol. The first-order valence-corrected chi connectivity index (χ1v) is 9.12. The normalized spacial score (nSPS) is 31.3. The van der Waals surface area contributed by atoms with Crippen molar-refractivity contribution in [1.29, 1.82) is 0 Å². The van der Waals surface area contributed by atoms with Crippen LogP contribution in [0.2, 0.25) is 0 Å². The van der Waals surface area contributed by atoms with Gasteiger partial charge < -0.3 is 24.8 Å². The number of carbonyl (C=O) groups excluding carboxylic acids is 1. The van der Waals surface area contributed by atoms with Crippen molar-refractivity contribution in [2.45, 2.75) is 69.4 Å². The van der Waals surface area contributed by atoms with Gasteiger partial charge in [0.25, 0.3) is 0 Å². The second-order valence-electron chi connectivity index (χ2n) is 6.96. The van der Waals surface area contributed by atoms with Gasteiger partial charge in [0.15, 0.2) is 5.79 Å². The van der Waals surface area contributed by atoms with Crippen molar-refractivity contribution in [3.05, 3.63) is 0 Å². The molecular weight excluding hydrogens is 296 g/mol. The Morgan fingerprint density at radius 2 is 1.78 bits per heavy atom. The van der Waals surface area contributed by atoms with E-state index >= 15 is 0 Å². The highest BCUT2D eigenvalue weighted by Crippen LogP contribution is 2.40. The van der Waals surface area contributed by atoms with Gasteiger partial charge in [-0.1, -0.05) is 6.42 Å². The number of rotatable bonds is 4. The molecule has 0 radical (unpaired) electrons. The maximum absolute atomic E-state index is 12.5. The molecule has 2 N–H and O–H groups in total. The molecule has 1 saturated carbocycles. The summed E-state index contributed by atoms with van der Waals surface area (Å²) in [6.45, 7) is 3.28. The molecule has 6 heteroatoms. The Bertz CT molecular complexity index is 392. The zero-order valence-corrected chi connectivity index (χ0v) is 14.0. The first-order valence-electron chi connectivity index (χ1n) is 9.12. The van der Waals surface area contributed by atoms with Gasteiger partial charge in [0, 0.05) is 32.4 Å². The highest BCUT2D eigenvalue weighted by molar-refractivity contribution is 5.76. The third-order valence-electron chi connectivity index (χ3n) is 5.16. The van der Waals surface area contributed by atoms with Gasteiger partial charge in [-0.25, -0.2) is 0 Å². The molecule has 3 rings (SSSR count). The predicted molar refractivity (Wildman–Crippen MR) is 85.9 cm³/mol. The van der Waals surface area contributed by atoms with Crippen molar-refractivity contribution in [2.24, 2.45) is 5.73 Å². The number of morpholine rings is 1. The van der Waals surface area contributed by atoms with Crippen molar-refractivity contribution in [3.8, 4) is 0 Å². The van der Waals surface area contributed by atoms with Crippen LogP contribution in [0.1, 0.15) is 51.4 Å². The molecule has 2 aliphatic heterocycles. The summed E-state index contributed by atoms with van der Waals surface area (Å²) < 4.78 is 17.9. The molecule has 2 saturated heterocycles. The fourth-order valence-corrected chi connectivity index (χ4v) is 3.98. The van der Waals surface area contributed by atoms with Crippen LogP contribution in [0.4, 0.5) is 0 Å². The third-order valence-corrected chi connectivity index (χ3v) is 5.16. The van der Waals surface area contributed by atoms with E-state index in [9.17, 15) is 4.79 Å². The van der Waals surface area contributed by atoms with Crippen molar-refractivity contribution in [1.82, 2.24) is 4.90 Å². The van der Waals surface area contributed by atoms with Gasteiger partial charge >= 0.3 is 0 Å². The summed E-state index contributed by atoms with van der Waals surface area (Å²) >= 11 is 0. The lowest BCUT2D eigenvalue weighted by Gasteiger charge is -2.47. The number of nitrogens with zero attached hydrogens (tertiary/aromatic N) is 1. The lowest BCUT2D eigenvalue weighted by atomic mass is 9.91.